The minimum absolute atomic E-state index is 0.0419. The molecule has 0 spiro atoms. The highest BCUT2D eigenvalue weighted by Gasteiger charge is 2.13. The highest BCUT2D eigenvalue weighted by atomic mass is 16.3. The zero-order valence-electron chi connectivity index (χ0n) is 11.5. The normalized spacial score (nSPS) is 10.5. The molecule has 0 aliphatic carbocycles. The van der Waals surface area contributed by atoms with E-state index in [0.717, 1.165) is 16.3 Å². The largest absolute Gasteiger partial charge is 0.507 e. The first-order valence-electron chi connectivity index (χ1n) is 6.60. The summed E-state index contributed by atoms with van der Waals surface area (Å²) in [6.07, 6.45) is 1.61. The van der Waals surface area contributed by atoms with Crippen LogP contribution in [0.3, 0.4) is 0 Å². The quantitative estimate of drug-likeness (QED) is 0.754. The number of carbonyl (C=O) groups excluding carboxylic acids is 1. The summed E-state index contributed by atoms with van der Waals surface area (Å²) in [7, 11) is 0. The molecule has 2 aromatic carbocycles. The number of phenols is 1. The van der Waals surface area contributed by atoms with E-state index in [1.807, 2.05) is 37.3 Å². The van der Waals surface area contributed by atoms with E-state index in [1.54, 1.807) is 24.4 Å². The Labute approximate surface area is 122 Å². The van der Waals surface area contributed by atoms with Crippen molar-refractivity contribution < 1.29 is 9.90 Å². The van der Waals surface area contributed by atoms with Crippen LogP contribution in [-0.4, -0.2) is 16.0 Å². The SMILES string of the molecule is Cc1cccnc1NC(=O)c1cc2ccccc2cc1O. The predicted molar refractivity (Wildman–Crippen MR) is 82.5 cm³/mol. The molecule has 4 heteroatoms. The summed E-state index contributed by atoms with van der Waals surface area (Å²) < 4.78 is 0. The van der Waals surface area contributed by atoms with Gasteiger partial charge in [0.15, 0.2) is 0 Å². The lowest BCUT2D eigenvalue weighted by Crippen LogP contribution is -2.14. The number of pyridine rings is 1. The summed E-state index contributed by atoms with van der Waals surface area (Å²) in [4.78, 5) is 16.4. The van der Waals surface area contributed by atoms with Crippen molar-refractivity contribution in [1.29, 1.82) is 0 Å². The fraction of sp³-hybridized carbons (Fsp3) is 0.0588. The number of aryl methyl sites for hydroxylation is 1. The van der Waals surface area contributed by atoms with Crippen molar-refractivity contribution in [3.05, 3.63) is 65.9 Å². The third kappa shape index (κ3) is 2.56. The number of hydrogen-bond donors (Lipinski definition) is 2. The molecule has 0 fully saturated rings. The van der Waals surface area contributed by atoms with E-state index in [2.05, 4.69) is 10.3 Å². The number of phenolic OH excluding ortho intramolecular Hbond substituents is 1. The van der Waals surface area contributed by atoms with Gasteiger partial charge >= 0.3 is 0 Å². The second-order valence-electron chi connectivity index (χ2n) is 4.84. The van der Waals surface area contributed by atoms with Gasteiger partial charge < -0.3 is 10.4 Å². The Morgan fingerprint density at radius 1 is 1.10 bits per heavy atom. The van der Waals surface area contributed by atoms with Gasteiger partial charge in [-0.3, -0.25) is 4.79 Å². The minimum atomic E-state index is -0.375. The molecule has 0 saturated carbocycles. The molecule has 4 nitrogen and oxygen atoms in total. The topological polar surface area (TPSA) is 62.2 Å². The average Bonchev–Trinajstić information content (AvgIpc) is 2.49. The molecule has 3 aromatic rings. The Kier molecular flexibility index (Phi) is 3.28. The van der Waals surface area contributed by atoms with Crippen molar-refractivity contribution in [2.45, 2.75) is 6.92 Å². The van der Waals surface area contributed by atoms with Gasteiger partial charge in [0.1, 0.15) is 11.6 Å². The Balaban J connectivity index is 1.98. The molecular weight excluding hydrogens is 264 g/mol. The third-order valence-corrected chi connectivity index (χ3v) is 3.35. The Morgan fingerprint density at radius 3 is 2.52 bits per heavy atom. The van der Waals surface area contributed by atoms with Crippen molar-refractivity contribution in [3.8, 4) is 5.75 Å². The number of carbonyl (C=O) groups is 1. The first kappa shape index (κ1) is 13.1. The van der Waals surface area contributed by atoms with E-state index < -0.39 is 0 Å². The van der Waals surface area contributed by atoms with Crippen molar-refractivity contribution >= 4 is 22.5 Å². The Hall–Kier alpha value is -2.88. The van der Waals surface area contributed by atoms with E-state index in [-0.39, 0.29) is 17.2 Å². The lowest BCUT2D eigenvalue weighted by molar-refractivity contribution is 0.102. The molecule has 0 aliphatic heterocycles. The molecule has 0 bridgehead atoms. The fourth-order valence-corrected chi connectivity index (χ4v) is 2.20. The van der Waals surface area contributed by atoms with Crippen LogP contribution in [0.1, 0.15) is 15.9 Å². The van der Waals surface area contributed by atoms with Crippen LogP contribution < -0.4 is 5.32 Å². The van der Waals surface area contributed by atoms with Gasteiger partial charge in [-0.15, -0.1) is 0 Å². The molecule has 2 N–H and O–H groups in total. The summed E-state index contributed by atoms with van der Waals surface area (Å²) in [5, 5.41) is 14.6. The number of amides is 1. The number of nitrogens with one attached hydrogen (secondary N) is 1. The van der Waals surface area contributed by atoms with Crippen molar-refractivity contribution in [2.24, 2.45) is 0 Å². The van der Waals surface area contributed by atoms with Gasteiger partial charge in [-0.1, -0.05) is 30.3 Å². The first-order chi connectivity index (χ1) is 10.1. The summed E-state index contributed by atoms with van der Waals surface area (Å²) >= 11 is 0. The maximum atomic E-state index is 12.3. The monoisotopic (exact) mass is 278 g/mol. The van der Waals surface area contributed by atoms with Gasteiger partial charge in [-0.05, 0) is 41.5 Å². The Bertz CT molecular complexity index is 828. The number of benzene rings is 2. The van der Waals surface area contributed by atoms with Gasteiger partial charge in [0.05, 0.1) is 5.56 Å². The van der Waals surface area contributed by atoms with Crippen LogP contribution >= 0.6 is 0 Å². The van der Waals surface area contributed by atoms with E-state index in [0.29, 0.717) is 5.82 Å². The fourth-order valence-electron chi connectivity index (χ4n) is 2.20. The number of hydrogen-bond acceptors (Lipinski definition) is 3. The molecule has 0 atom stereocenters. The standard InChI is InChI=1S/C17H14N2O2/c1-11-5-4-8-18-16(11)19-17(21)14-9-12-6-2-3-7-13(12)10-15(14)20/h2-10,20H,1H3,(H,18,19,21). The second-order valence-corrected chi connectivity index (χ2v) is 4.84. The second kappa shape index (κ2) is 5.25. The van der Waals surface area contributed by atoms with Gasteiger partial charge in [0.25, 0.3) is 5.91 Å². The van der Waals surface area contributed by atoms with Crippen molar-refractivity contribution in [2.75, 3.05) is 5.32 Å². The maximum absolute atomic E-state index is 12.3. The molecule has 1 aromatic heterocycles. The number of aromatic nitrogens is 1. The van der Waals surface area contributed by atoms with E-state index >= 15 is 0 Å². The maximum Gasteiger partial charge on any atom is 0.260 e. The number of aromatic hydroxyl groups is 1. The van der Waals surface area contributed by atoms with Gasteiger partial charge in [-0.2, -0.15) is 0 Å². The first-order valence-corrected chi connectivity index (χ1v) is 6.60. The predicted octanol–water partition coefficient (Wildman–Crippen LogP) is 3.50. The third-order valence-electron chi connectivity index (χ3n) is 3.35. The molecule has 1 amide bonds. The van der Waals surface area contributed by atoms with Gasteiger partial charge in [0, 0.05) is 6.20 Å². The molecular formula is C17H14N2O2. The van der Waals surface area contributed by atoms with Crippen molar-refractivity contribution in [3.63, 3.8) is 0 Å². The minimum Gasteiger partial charge on any atom is -0.507 e. The van der Waals surface area contributed by atoms with Crippen LogP contribution in [0.5, 0.6) is 5.75 Å². The summed E-state index contributed by atoms with van der Waals surface area (Å²) in [5.41, 5.74) is 1.10. The highest BCUT2D eigenvalue weighted by Crippen LogP contribution is 2.25. The highest BCUT2D eigenvalue weighted by molar-refractivity contribution is 6.08. The number of fused-ring (bicyclic) bond motifs is 1. The molecule has 1 heterocycles. The number of rotatable bonds is 2. The van der Waals surface area contributed by atoms with Crippen LogP contribution in [0.15, 0.2) is 54.7 Å². The average molecular weight is 278 g/mol. The molecule has 0 unspecified atom stereocenters. The lowest BCUT2D eigenvalue weighted by atomic mass is 10.1. The number of anilines is 1. The zero-order valence-corrected chi connectivity index (χ0v) is 11.5. The van der Waals surface area contributed by atoms with Gasteiger partial charge in [-0.25, -0.2) is 4.98 Å². The van der Waals surface area contributed by atoms with Crippen LogP contribution in [0.4, 0.5) is 5.82 Å². The van der Waals surface area contributed by atoms with Crippen LogP contribution in [0.2, 0.25) is 0 Å². The van der Waals surface area contributed by atoms with E-state index in [4.69, 9.17) is 0 Å². The molecule has 104 valence electrons. The van der Waals surface area contributed by atoms with E-state index in [9.17, 15) is 9.90 Å². The van der Waals surface area contributed by atoms with Crippen LogP contribution in [-0.2, 0) is 0 Å². The van der Waals surface area contributed by atoms with E-state index in [1.165, 1.54) is 0 Å². The summed E-state index contributed by atoms with van der Waals surface area (Å²) in [6.45, 7) is 1.86. The summed E-state index contributed by atoms with van der Waals surface area (Å²) in [5.74, 6) is 0.0786. The van der Waals surface area contributed by atoms with Crippen molar-refractivity contribution in [1.82, 2.24) is 4.98 Å². The van der Waals surface area contributed by atoms with Crippen LogP contribution in [0, 0.1) is 6.92 Å². The molecule has 0 saturated heterocycles. The molecule has 3 rings (SSSR count). The Morgan fingerprint density at radius 2 is 1.81 bits per heavy atom. The number of nitrogens with zero attached hydrogens (tertiary/aromatic N) is 1. The smallest absolute Gasteiger partial charge is 0.260 e. The molecule has 0 aliphatic rings. The summed E-state index contributed by atoms with van der Waals surface area (Å²) in [6, 6.07) is 14.5. The molecule has 21 heavy (non-hydrogen) atoms. The zero-order chi connectivity index (χ0) is 14.8. The van der Waals surface area contributed by atoms with Crippen LogP contribution in [0.25, 0.3) is 10.8 Å². The molecule has 0 radical (unpaired) electrons. The van der Waals surface area contributed by atoms with Gasteiger partial charge in [0.2, 0.25) is 0 Å². The lowest BCUT2D eigenvalue weighted by Gasteiger charge is -2.09.